The van der Waals surface area contributed by atoms with Gasteiger partial charge in [0, 0.05) is 5.56 Å². The Kier molecular flexibility index (Phi) is 5.02. The SMILES string of the molecule is Cc1n[nH]c(Cl)c1NC(=O)c1cc(F)c(-c2cnc(F)c(CO)n2)cc1O. The van der Waals surface area contributed by atoms with E-state index in [0.29, 0.717) is 5.69 Å². The molecule has 11 heteroatoms. The van der Waals surface area contributed by atoms with Gasteiger partial charge in [-0.25, -0.2) is 14.4 Å². The number of nitrogens with zero attached hydrogens (tertiary/aromatic N) is 3. The molecule has 140 valence electrons. The number of amides is 1. The van der Waals surface area contributed by atoms with Crippen LogP contribution in [-0.4, -0.2) is 36.3 Å². The number of benzene rings is 1. The number of aromatic amines is 1. The van der Waals surface area contributed by atoms with Gasteiger partial charge < -0.3 is 15.5 Å². The summed E-state index contributed by atoms with van der Waals surface area (Å²) >= 11 is 5.86. The zero-order valence-electron chi connectivity index (χ0n) is 13.7. The summed E-state index contributed by atoms with van der Waals surface area (Å²) in [7, 11) is 0. The number of halogens is 3. The standard InChI is InChI=1S/C16H12ClF2N5O3/c1-6-13(14(17)24-23-6)22-16(27)8-2-9(18)7(3-12(8)26)10-4-20-15(19)11(5-25)21-10/h2-4,25-26H,5H2,1H3,(H,22,27)(H,23,24). The molecule has 27 heavy (non-hydrogen) atoms. The highest BCUT2D eigenvalue weighted by Gasteiger charge is 2.20. The van der Waals surface area contributed by atoms with Crippen molar-refractivity contribution in [1.82, 2.24) is 20.2 Å². The van der Waals surface area contributed by atoms with E-state index in [9.17, 15) is 18.7 Å². The molecule has 0 aliphatic carbocycles. The van der Waals surface area contributed by atoms with Crippen LogP contribution in [0, 0.1) is 18.7 Å². The Morgan fingerprint density at radius 1 is 1.37 bits per heavy atom. The molecule has 0 radical (unpaired) electrons. The Labute approximate surface area is 155 Å². The molecule has 0 unspecified atom stereocenters. The summed E-state index contributed by atoms with van der Waals surface area (Å²) in [5, 5.41) is 28.0. The molecule has 0 atom stereocenters. The van der Waals surface area contributed by atoms with E-state index >= 15 is 0 Å². The van der Waals surface area contributed by atoms with E-state index in [-0.39, 0.29) is 33.4 Å². The number of hydrogen-bond donors (Lipinski definition) is 4. The number of rotatable bonds is 4. The fourth-order valence-corrected chi connectivity index (χ4v) is 2.54. The summed E-state index contributed by atoms with van der Waals surface area (Å²) in [6.07, 6.45) is 0.945. The van der Waals surface area contributed by atoms with Gasteiger partial charge >= 0.3 is 0 Å². The van der Waals surface area contributed by atoms with Gasteiger partial charge in [0.1, 0.15) is 28.1 Å². The number of aliphatic hydroxyl groups is 1. The maximum atomic E-state index is 14.5. The highest BCUT2D eigenvalue weighted by atomic mass is 35.5. The number of aryl methyl sites for hydroxylation is 1. The summed E-state index contributed by atoms with van der Waals surface area (Å²) in [5.41, 5.74) is -0.466. The van der Waals surface area contributed by atoms with Crippen molar-refractivity contribution in [3.63, 3.8) is 0 Å². The number of aromatic hydroxyl groups is 1. The van der Waals surface area contributed by atoms with E-state index in [4.69, 9.17) is 16.7 Å². The maximum Gasteiger partial charge on any atom is 0.259 e. The largest absolute Gasteiger partial charge is 0.507 e. The van der Waals surface area contributed by atoms with Gasteiger partial charge in [0.05, 0.1) is 29.8 Å². The number of nitrogens with one attached hydrogen (secondary N) is 2. The fourth-order valence-electron chi connectivity index (χ4n) is 2.31. The van der Waals surface area contributed by atoms with Crippen molar-refractivity contribution in [3.8, 4) is 17.0 Å². The molecule has 2 aromatic heterocycles. The quantitative estimate of drug-likeness (QED) is 0.538. The predicted molar refractivity (Wildman–Crippen MR) is 91.3 cm³/mol. The average Bonchev–Trinajstić information content (AvgIpc) is 2.95. The van der Waals surface area contributed by atoms with Crippen LogP contribution in [0.3, 0.4) is 0 Å². The van der Waals surface area contributed by atoms with E-state index < -0.39 is 30.0 Å². The second kappa shape index (κ2) is 7.25. The van der Waals surface area contributed by atoms with Crippen LogP contribution in [0.2, 0.25) is 5.15 Å². The molecule has 2 heterocycles. The molecule has 1 amide bonds. The number of anilines is 1. The molecule has 0 aliphatic rings. The first-order valence-electron chi connectivity index (χ1n) is 7.48. The third kappa shape index (κ3) is 3.57. The Morgan fingerprint density at radius 3 is 2.74 bits per heavy atom. The number of carbonyl (C=O) groups excluding carboxylic acids is 1. The lowest BCUT2D eigenvalue weighted by Crippen LogP contribution is -2.13. The highest BCUT2D eigenvalue weighted by molar-refractivity contribution is 6.33. The van der Waals surface area contributed by atoms with Gasteiger partial charge in [0.25, 0.3) is 5.91 Å². The second-order valence-electron chi connectivity index (χ2n) is 5.45. The molecule has 8 nitrogen and oxygen atoms in total. The highest BCUT2D eigenvalue weighted by Crippen LogP contribution is 2.30. The van der Waals surface area contributed by atoms with Crippen molar-refractivity contribution in [1.29, 1.82) is 0 Å². The van der Waals surface area contributed by atoms with Gasteiger partial charge in [-0.1, -0.05) is 11.6 Å². The van der Waals surface area contributed by atoms with Gasteiger partial charge in [-0.2, -0.15) is 9.49 Å². The average molecular weight is 396 g/mol. The molecule has 0 fully saturated rings. The smallest absolute Gasteiger partial charge is 0.259 e. The first-order chi connectivity index (χ1) is 12.8. The number of aromatic nitrogens is 4. The first-order valence-corrected chi connectivity index (χ1v) is 7.86. The predicted octanol–water partition coefficient (Wildman–Crippen LogP) is 2.56. The van der Waals surface area contributed by atoms with Crippen molar-refractivity contribution in [3.05, 3.63) is 52.2 Å². The Bertz CT molecular complexity index is 1020. The molecule has 0 bridgehead atoms. The van der Waals surface area contributed by atoms with Crippen LogP contribution in [0.1, 0.15) is 21.7 Å². The van der Waals surface area contributed by atoms with Gasteiger partial charge in [0.2, 0.25) is 5.95 Å². The first kappa shape index (κ1) is 18.7. The number of phenolic OH excluding ortho intramolecular Hbond substituents is 1. The van der Waals surface area contributed by atoms with Crippen LogP contribution < -0.4 is 5.32 Å². The molecule has 3 aromatic rings. The number of phenols is 1. The molecule has 4 N–H and O–H groups in total. The molecular weight excluding hydrogens is 384 g/mol. The lowest BCUT2D eigenvalue weighted by Gasteiger charge is -2.10. The number of H-pyrrole nitrogens is 1. The Morgan fingerprint density at radius 2 is 2.11 bits per heavy atom. The van der Waals surface area contributed by atoms with E-state index in [1.54, 1.807) is 6.92 Å². The third-order valence-corrected chi connectivity index (χ3v) is 3.96. The van der Waals surface area contributed by atoms with Crippen LogP contribution in [0.4, 0.5) is 14.5 Å². The van der Waals surface area contributed by atoms with Crippen molar-refractivity contribution < 1.29 is 23.8 Å². The molecule has 0 spiro atoms. The van der Waals surface area contributed by atoms with E-state index in [2.05, 4.69) is 25.5 Å². The molecule has 3 rings (SSSR count). The van der Waals surface area contributed by atoms with Gasteiger partial charge in [-0.05, 0) is 19.1 Å². The zero-order valence-corrected chi connectivity index (χ0v) is 14.5. The van der Waals surface area contributed by atoms with Crippen molar-refractivity contribution in [2.75, 3.05) is 5.32 Å². The Balaban J connectivity index is 1.96. The third-order valence-electron chi connectivity index (χ3n) is 3.69. The molecule has 0 saturated heterocycles. The number of aliphatic hydroxyl groups excluding tert-OH is 1. The number of hydrogen-bond acceptors (Lipinski definition) is 6. The van der Waals surface area contributed by atoms with E-state index in [0.717, 1.165) is 18.3 Å². The molecule has 0 saturated carbocycles. The van der Waals surface area contributed by atoms with Gasteiger partial charge in [-0.3, -0.25) is 9.89 Å². The minimum atomic E-state index is -0.991. The summed E-state index contributed by atoms with van der Waals surface area (Å²) in [6.45, 7) is 0.860. The topological polar surface area (TPSA) is 124 Å². The van der Waals surface area contributed by atoms with E-state index in [1.807, 2.05) is 0 Å². The Hall–Kier alpha value is -3.11. The van der Waals surface area contributed by atoms with Crippen LogP contribution in [0.5, 0.6) is 5.75 Å². The van der Waals surface area contributed by atoms with Crippen LogP contribution in [-0.2, 0) is 6.61 Å². The summed E-state index contributed by atoms with van der Waals surface area (Å²) in [4.78, 5) is 19.5. The second-order valence-corrected chi connectivity index (χ2v) is 5.83. The number of carbonyl (C=O) groups is 1. The van der Waals surface area contributed by atoms with Crippen molar-refractivity contribution >= 4 is 23.2 Å². The summed E-state index contributed by atoms with van der Waals surface area (Å²) in [5.74, 6) is -3.25. The van der Waals surface area contributed by atoms with Crippen molar-refractivity contribution in [2.45, 2.75) is 13.5 Å². The lowest BCUT2D eigenvalue weighted by atomic mass is 10.1. The summed E-state index contributed by atoms with van der Waals surface area (Å²) < 4.78 is 27.8. The lowest BCUT2D eigenvalue weighted by molar-refractivity contribution is 0.102. The molecule has 0 aliphatic heterocycles. The van der Waals surface area contributed by atoms with Crippen LogP contribution in [0.25, 0.3) is 11.3 Å². The van der Waals surface area contributed by atoms with Gasteiger partial charge in [-0.15, -0.1) is 0 Å². The summed E-state index contributed by atoms with van der Waals surface area (Å²) in [6, 6.07) is 1.75. The normalized spacial score (nSPS) is 10.9. The minimum absolute atomic E-state index is 0.0792. The fraction of sp³-hybridized carbons (Fsp3) is 0.125. The van der Waals surface area contributed by atoms with Crippen LogP contribution in [0.15, 0.2) is 18.3 Å². The molecular formula is C16H12ClF2N5O3. The van der Waals surface area contributed by atoms with E-state index in [1.165, 1.54) is 0 Å². The molecule has 1 aromatic carbocycles. The minimum Gasteiger partial charge on any atom is -0.507 e. The van der Waals surface area contributed by atoms with Crippen LogP contribution >= 0.6 is 11.6 Å². The van der Waals surface area contributed by atoms with Crippen molar-refractivity contribution in [2.24, 2.45) is 0 Å². The van der Waals surface area contributed by atoms with Gasteiger partial charge in [0.15, 0.2) is 0 Å². The maximum absolute atomic E-state index is 14.5. The zero-order chi connectivity index (χ0) is 19.7. The monoisotopic (exact) mass is 395 g/mol.